The molecule has 0 aliphatic carbocycles. The zero-order valence-electron chi connectivity index (χ0n) is 40.0. The maximum Gasteiger partial charge on any atom is 0.245 e. The summed E-state index contributed by atoms with van der Waals surface area (Å²) in [7, 11) is 6.59. The molecule has 354 valence electrons. The molecule has 4 amide bonds. The Labute approximate surface area is 378 Å². The fourth-order valence-corrected chi connectivity index (χ4v) is 8.65. The molecule has 8 atom stereocenters. The number of likely N-dealkylation sites (N-methyl/N-ethyl adjacent to an activating group) is 2. The summed E-state index contributed by atoms with van der Waals surface area (Å²) >= 11 is 5.84. The minimum absolute atomic E-state index is 0.0401. The van der Waals surface area contributed by atoms with Crippen molar-refractivity contribution in [1.82, 2.24) is 25.3 Å². The molecule has 2 rings (SSSR count). The maximum atomic E-state index is 14.5. The van der Waals surface area contributed by atoms with E-state index in [4.69, 9.17) is 35.9 Å². The van der Waals surface area contributed by atoms with Crippen molar-refractivity contribution < 1.29 is 42.9 Å². The molecule has 1 aromatic rings. The first-order valence-electron chi connectivity index (χ1n) is 22.8. The van der Waals surface area contributed by atoms with Crippen LogP contribution in [0.1, 0.15) is 93.1 Å². The third-order valence-corrected chi connectivity index (χ3v) is 12.7. The minimum atomic E-state index is -0.889. The lowest BCUT2D eigenvalue weighted by Crippen LogP contribution is -2.60. The van der Waals surface area contributed by atoms with Gasteiger partial charge in [0.25, 0.3) is 0 Å². The maximum absolute atomic E-state index is 14.5. The van der Waals surface area contributed by atoms with Crippen LogP contribution < -0.4 is 10.6 Å². The van der Waals surface area contributed by atoms with Gasteiger partial charge in [-0.25, -0.2) is 0 Å². The summed E-state index contributed by atoms with van der Waals surface area (Å²) < 4.78 is 28.5. The van der Waals surface area contributed by atoms with Crippen molar-refractivity contribution in [3.05, 3.63) is 35.9 Å². The summed E-state index contributed by atoms with van der Waals surface area (Å²) in [5, 5.41) is 6.43. The number of methoxy groups -OCH3 is 2. The zero-order valence-corrected chi connectivity index (χ0v) is 40.8. The van der Waals surface area contributed by atoms with Gasteiger partial charge in [0.05, 0.1) is 75.2 Å². The second-order valence-electron chi connectivity index (χ2n) is 17.2. The molecule has 1 fully saturated rings. The number of ether oxygens (including phenoxy) is 5. The Morgan fingerprint density at radius 1 is 0.855 bits per heavy atom. The number of amides is 4. The van der Waals surface area contributed by atoms with Crippen LogP contribution in [-0.2, 0) is 49.3 Å². The number of likely N-dealkylation sites (tertiary alicyclic amines) is 1. The Hall–Kier alpha value is -3.21. The van der Waals surface area contributed by atoms with E-state index in [0.717, 1.165) is 25.7 Å². The lowest BCUT2D eigenvalue weighted by Gasteiger charge is -2.41. The van der Waals surface area contributed by atoms with Crippen molar-refractivity contribution in [2.75, 3.05) is 81.0 Å². The van der Waals surface area contributed by atoms with Gasteiger partial charge in [0.15, 0.2) is 0 Å². The number of thiocarbonyl (C=S) groups is 1. The molecule has 2 N–H and O–H groups in total. The van der Waals surface area contributed by atoms with Gasteiger partial charge in [-0.2, -0.15) is 0 Å². The average Bonchev–Trinajstić information content (AvgIpc) is 3.74. The number of rotatable bonds is 30. The van der Waals surface area contributed by atoms with Gasteiger partial charge in [0.2, 0.25) is 23.6 Å². The van der Waals surface area contributed by atoms with E-state index in [1.165, 1.54) is 10.5 Å². The first-order chi connectivity index (χ1) is 29.5. The van der Waals surface area contributed by atoms with Crippen LogP contribution in [0.2, 0.25) is 0 Å². The second-order valence-corrected chi connectivity index (χ2v) is 17.7. The van der Waals surface area contributed by atoms with Crippen LogP contribution >= 0.6 is 12.2 Å². The fourth-order valence-electron chi connectivity index (χ4n) is 8.41. The van der Waals surface area contributed by atoms with Gasteiger partial charge in [-0.3, -0.25) is 19.2 Å². The van der Waals surface area contributed by atoms with Gasteiger partial charge in [-0.1, -0.05) is 97.4 Å². The Morgan fingerprint density at radius 2 is 1.48 bits per heavy atom. The smallest absolute Gasteiger partial charge is 0.245 e. The highest BCUT2D eigenvalue weighted by atomic mass is 32.1. The topological polar surface area (TPSA) is 148 Å². The predicted molar refractivity (Wildman–Crippen MR) is 248 cm³/mol. The Bertz CT molecular complexity index is 1490. The molecule has 15 heteroatoms. The third kappa shape index (κ3) is 17.1. The number of carbonyl (C=O) groups excluding carboxylic acids is 4. The highest BCUT2D eigenvalue weighted by Gasteiger charge is 2.43. The Balaban J connectivity index is 2.14. The van der Waals surface area contributed by atoms with Crippen LogP contribution in [0.25, 0.3) is 0 Å². The van der Waals surface area contributed by atoms with Gasteiger partial charge >= 0.3 is 0 Å². The molecule has 0 saturated carbocycles. The summed E-state index contributed by atoms with van der Waals surface area (Å²) in [6, 6.07) is 7.91. The molecular weight excluding hydrogens is 811 g/mol. The van der Waals surface area contributed by atoms with Crippen molar-refractivity contribution in [2.24, 2.45) is 23.7 Å². The Morgan fingerprint density at radius 3 is 2.05 bits per heavy atom. The van der Waals surface area contributed by atoms with Gasteiger partial charge in [0.1, 0.15) is 12.1 Å². The molecule has 1 aliphatic heterocycles. The number of nitrogens with zero attached hydrogens (tertiary/aromatic N) is 3. The number of carbonyl (C=O) groups is 4. The molecule has 1 heterocycles. The summed E-state index contributed by atoms with van der Waals surface area (Å²) in [6.07, 6.45) is 2.44. The fraction of sp³-hybridized carbons (Fsp3) is 0.766. The molecule has 62 heavy (non-hydrogen) atoms. The van der Waals surface area contributed by atoms with Crippen LogP contribution in [0.4, 0.5) is 0 Å². The van der Waals surface area contributed by atoms with Gasteiger partial charge in [-0.05, 0) is 49.5 Å². The number of hydrogen-bond donors (Lipinski definition) is 2. The minimum Gasteiger partial charge on any atom is -0.379 e. The molecule has 0 bridgehead atoms. The molecule has 14 nitrogen and oxygen atoms in total. The van der Waals surface area contributed by atoms with E-state index in [2.05, 4.69) is 36.6 Å². The van der Waals surface area contributed by atoms with E-state index in [-0.39, 0.29) is 73.0 Å². The van der Waals surface area contributed by atoms with Gasteiger partial charge < -0.3 is 49.0 Å². The quantitative estimate of drug-likeness (QED) is 0.0781. The van der Waals surface area contributed by atoms with Crippen LogP contribution in [0.3, 0.4) is 0 Å². The SMILES string of the molecule is CCOCCOCCOCCC(=O)N(C)[C@H](C(=O)N[C@H](C(=O)N(C)[C@@H]([C@@H](C)CC)[C@@H](CC(=O)N1CCC[C@H]1[C@H](OC)[C@@H](C)C(=S)NCCc1ccccc1)OC)C(C)C)C(C)C. The van der Waals surface area contributed by atoms with E-state index >= 15 is 0 Å². The Kier molecular flexibility index (Phi) is 25.9. The van der Waals surface area contributed by atoms with Crippen LogP contribution in [-0.4, -0.2) is 161 Å². The first kappa shape index (κ1) is 54.9. The summed E-state index contributed by atoms with van der Waals surface area (Å²) in [5.41, 5.74) is 1.23. The normalized spacial score (nSPS) is 17.5. The largest absolute Gasteiger partial charge is 0.379 e. The molecule has 0 unspecified atom stereocenters. The van der Waals surface area contributed by atoms with Crippen molar-refractivity contribution in [3.8, 4) is 0 Å². The summed E-state index contributed by atoms with van der Waals surface area (Å²) in [4.78, 5) is 61.8. The molecular formula is C47H81N5O9S. The average molecular weight is 892 g/mol. The van der Waals surface area contributed by atoms with E-state index in [1.807, 2.05) is 64.6 Å². The van der Waals surface area contributed by atoms with E-state index in [9.17, 15) is 19.2 Å². The van der Waals surface area contributed by atoms with Crippen LogP contribution in [0, 0.1) is 23.7 Å². The standard InChI is InChI=1S/C47H81N5O9S/c1-13-34(7)43(38(57-11)31-40(54)52-25-18-21-37(52)44(58-12)35(8)46(62)48-24-22-36-19-16-15-17-20-36)51(10)47(56)41(32(3)4)49-45(55)42(33(5)6)50(9)39(53)23-26-60-29-30-61-28-27-59-14-2/h15-17,19-20,32-35,37-38,41-44H,13-14,18,21-31H2,1-12H3,(H,48,62)(H,49,55)/t34-,35+,37-,38+,41-,42-,43-,44+/m0/s1. The molecule has 1 aromatic carbocycles. The first-order valence-corrected chi connectivity index (χ1v) is 23.2. The molecule has 1 saturated heterocycles. The lowest BCUT2D eigenvalue weighted by atomic mass is 9.89. The summed E-state index contributed by atoms with van der Waals surface area (Å²) in [5.74, 6) is -1.68. The molecule has 0 aromatic heterocycles. The van der Waals surface area contributed by atoms with Crippen molar-refractivity contribution in [3.63, 3.8) is 0 Å². The molecule has 0 radical (unpaired) electrons. The van der Waals surface area contributed by atoms with Crippen molar-refractivity contribution in [1.29, 1.82) is 0 Å². The molecule has 1 aliphatic rings. The zero-order chi connectivity index (χ0) is 46.4. The number of benzene rings is 1. The van der Waals surface area contributed by atoms with Gasteiger partial charge in [-0.15, -0.1) is 0 Å². The monoisotopic (exact) mass is 892 g/mol. The van der Waals surface area contributed by atoms with Gasteiger partial charge in [0, 0.05) is 53.9 Å². The highest BCUT2D eigenvalue weighted by molar-refractivity contribution is 7.80. The highest BCUT2D eigenvalue weighted by Crippen LogP contribution is 2.30. The number of hydrogen-bond acceptors (Lipinski definition) is 10. The third-order valence-electron chi connectivity index (χ3n) is 12.2. The van der Waals surface area contributed by atoms with Crippen molar-refractivity contribution in [2.45, 2.75) is 130 Å². The summed E-state index contributed by atoms with van der Waals surface area (Å²) in [6.45, 7) is 19.4. The van der Waals surface area contributed by atoms with Crippen LogP contribution in [0.5, 0.6) is 0 Å². The van der Waals surface area contributed by atoms with E-state index in [0.29, 0.717) is 51.1 Å². The van der Waals surface area contributed by atoms with Crippen LogP contribution in [0.15, 0.2) is 30.3 Å². The number of nitrogens with one attached hydrogen (secondary N) is 2. The van der Waals surface area contributed by atoms with Crippen molar-refractivity contribution >= 4 is 40.8 Å². The van der Waals surface area contributed by atoms with E-state index < -0.39 is 30.1 Å². The predicted octanol–water partition coefficient (Wildman–Crippen LogP) is 5.15. The second kappa shape index (κ2) is 29.3. The van der Waals surface area contributed by atoms with E-state index in [1.54, 1.807) is 33.2 Å². The lowest BCUT2D eigenvalue weighted by molar-refractivity contribution is -0.148. The molecule has 0 spiro atoms.